The Hall–Kier alpha value is -0.570. The summed E-state index contributed by atoms with van der Waals surface area (Å²) in [7, 11) is 0. The molecule has 1 aromatic carbocycles. The Balaban J connectivity index is 2.16. The summed E-state index contributed by atoms with van der Waals surface area (Å²) in [5.41, 5.74) is 7.54. The highest BCUT2D eigenvalue weighted by Gasteiger charge is 2.26. The van der Waals surface area contributed by atoms with Crippen LogP contribution in [0.5, 0.6) is 0 Å². The molecular weight excluding hydrogens is 268 g/mol. The number of rotatable bonds is 4. The number of hydrogen-bond acceptors (Lipinski definition) is 2. The summed E-state index contributed by atoms with van der Waals surface area (Å²) >= 11 is 6.15. The summed E-state index contributed by atoms with van der Waals surface area (Å²) in [6, 6.07) is 8.58. The minimum absolute atomic E-state index is 0.117. The van der Waals surface area contributed by atoms with Crippen LogP contribution < -0.4 is 5.73 Å². The predicted molar refractivity (Wildman–Crippen MR) is 87.0 cm³/mol. The fourth-order valence-electron chi connectivity index (χ4n) is 3.41. The molecule has 20 heavy (non-hydrogen) atoms. The lowest BCUT2D eigenvalue weighted by Crippen LogP contribution is -2.40. The molecule has 0 aliphatic carbocycles. The summed E-state index contributed by atoms with van der Waals surface area (Å²) in [6.07, 6.45) is 5.23. The van der Waals surface area contributed by atoms with E-state index in [1.54, 1.807) is 0 Å². The van der Waals surface area contributed by atoms with E-state index >= 15 is 0 Å². The lowest BCUT2D eigenvalue weighted by Gasteiger charge is -2.34. The molecule has 3 heteroatoms. The number of halogens is 1. The molecule has 0 saturated carbocycles. The maximum Gasteiger partial charge on any atom is 0.0496 e. The first-order valence-corrected chi connectivity index (χ1v) is 8.24. The second kappa shape index (κ2) is 7.44. The van der Waals surface area contributed by atoms with Crippen molar-refractivity contribution in [3.8, 4) is 0 Å². The van der Waals surface area contributed by atoms with Crippen LogP contribution in [0.3, 0.4) is 0 Å². The fourth-order valence-corrected chi connectivity index (χ4v) is 3.61. The summed E-state index contributed by atoms with van der Waals surface area (Å²) in [5.74, 6) is 0.882. The molecule has 2 rings (SSSR count). The number of nitrogens with zero attached hydrogens (tertiary/aromatic N) is 1. The molecule has 3 atom stereocenters. The molecule has 0 aromatic heterocycles. The van der Waals surface area contributed by atoms with Crippen LogP contribution in [0, 0.1) is 5.92 Å². The van der Waals surface area contributed by atoms with Crippen LogP contribution in [0.2, 0.25) is 5.02 Å². The van der Waals surface area contributed by atoms with Crippen LogP contribution in [0.4, 0.5) is 0 Å². The second-order valence-corrected chi connectivity index (χ2v) is 6.54. The minimum atomic E-state index is 0.117. The number of hydrogen-bond donors (Lipinski definition) is 1. The minimum Gasteiger partial charge on any atom is -0.326 e. The predicted octanol–water partition coefficient (Wildman–Crippen LogP) is 4.24. The monoisotopic (exact) mass is 294 g/mol. The van der Waals surface area contributed by atoms with E-state index in [2.05, 4.69) is 30.9 Å². The van der Waals surface area contributed by atoms with Gasteiger partial charge in [-0.3, -0.25) is 4.90 Å². The third kappa shape index (κ3) is 3.97. The van der Waals surface area contributed by atoms with Gasteiger partial charge in [0.2, 0.25) is 0 Å². The van der Waals surface area contributed by atoms with Crippen LogP contribution in [-0.2, 0) is 0 Å². The van der Waals surface area contributed by atoms with Gasteiger partial charge in [-0.05, 0) is 62.9 Å². The Morgan fingerprint density at radius 2 is 2.15 bits per heavy atom. The third-order valence-corrected chi connectivity index (χ3v) is 4.78. The molecule has 1 aromatic rings. The van der Waals surface area contributed by atoms with Gasteiger partial charge in [-0.2, -0.15) is 0 Å². The SMILES string of the molecule is CCC1CCCN(C(c2cccc(Cl)c2)C(C)N)CC1. The van der Waals surface area contributed by atoms with Gasteiger partial charge in [0, 0.05) is 17.1 Å². The molecule has 3 unspecified atom stereocenters. The molecule has 0 bridgehead atoms. The van der Waals surface area contributed by atoms with Crippen molar-refractivity contribution in [2.45, 2.75) is 51.6 Å². The summed E-state index contributed by atoms with van der Waals surface area (Å²) in [4.78, 5) is 2.56. The standard InChI is InChI=1S/C17H27ClN2/c1-3-14-6-5-10-20(11-9-14)17(13(2)19)15-7-4-8-16(18)12-15/h4,7-8,12-14,17H,3,5-6,9-11,19H2,1-2H3. The van der Waals surface area contributed by atoms with Crippen LogP contribution >= 0.6 is 11.6 Å². The zero-order valence-corrected chi connectivity index (χ0v) is 13.4. The number of likely N-dealkylation sites (tertiary alicyclic amines) is 1. The van der Waals surface area contributed by atoms with E-state index in [0.717, 1.165) is 24.0 Å². The average Bonchev–Trinajstić information content (AvgIpc) is 2.64. The highest BCUT2D eigenvalue weighted by molar-refractivity contribution is 6.30. The number of benzene rings is 1. The van der Waals surface area contributed by atoms with E-state index in [1.807, 2.05) is 12.1 Å². The van der Waals surface area contributed by atoms with Gasteiger partial charge in [0.25, 0.3) is 0 Å². The van der Waals surface area contributed by atoms with Gasteiger partial charge in [-0.25, -0.2) is 0 Å². The Morgan fingerprint density at radius 3 is 2.80 bits per heavy atom. The zero-order valence-electron chi connectivity index (χ0n) is 12.7. The van der Waals surface area contributed by atoms with Gasteiger partial charge in [0.1, 0.15) is 0 Å². The van der Waals surface area contributed by atoms with Gasteiger partial charge >= 0.3 is 0 Å². The van der Waals surface area contributed by atoms with Gasteiger partial charge in [-0.15, -0.1) is 0 Å². The first-order chi connectivity index (χ1) is 9.61. The van der Waals surface area contributed by atoms with E-state index in [4.69, 9.17) is 17.3 Å². The normalized spacial score (nSPS) is 24.1. The highest BCUT2D eigenvalue weighted by atomic mass is 35.5. The molecule has 2 N–H and O–H groups in total. The number of nitrogens with two attached hydrogens (primary N) is 1. The van der Waals surface area contributed by atoms with Crippen LogP contribution in [-0.4, -0.2) is 24.0 Å². The maximum atomic E-state index is 6.28. The smallest absolute Gasteiger partial charge is 0.0496 e. The van der Waals surface area contributed by atoms with Crippen molar-refractivity contribution in [3.05, 3.63) is 34.9 Å². The largest absolute Gasteiger partial charge is 0.326 e. The summed E-state index contributed by atoms with van der Waals surface area (Å²) in [5, 5.41) is 0.800. The molecule has 0 amide bonds. The Bertz CT molecular complexity index is 419. The van der Waals surface area contributed by atoms with E-state index in [1.165, 1.54) is 31.2 Å². The fraction of sp³-hybridized carbons (Fsp3) is 0.647. The quantitative estimate of drug-likeness (QED) is 0.900. The van der Waals surface area contributed by atoms with Crippen molar-refractivity contribution in [1.29, 1.82) is 0 Å². The van der Waals surface area contributed by atoms with Crippen LogP contribution in [0.1, 0.15) is 51.1 Å². The van der Waals surface area contributed by atoms with Gasteiger partial charge in [0.05, 0.1) is 0 Å². The first kappa shape index (κ1) is 15.8. The molecule has 1 aliphatic heterocycles. The van der Waals surface area contributed by atoms with Crippen molar-refractivity contribution in [3.63, 3.8) is 0 Å². The van der Waals surface area contributed by atoms with Gasteiger partial charge in [-0.1, -0.05) is 37.1 Å². The van der Waals surface area contributed by atoms with E-state index in [9.17, 15) is 0 Å². The molecule has 0 spiro atoms. The van der Waals surface area contributed by atoms with E-state index in [0.29, 0.717) is 0 Å². The molecule has 0 radical (unpaired) electrons. The third-order valence-electron chi connectivity index (χ3n) is 4.54. The zero-order chi connectivity index (χ0) is 14.5. The Morgan fingerprint density at radius 1 is 1.35 bits per heavy atom. The summed E-state index contributed by atoms with van der Waals surface area (Å²) in [6.45, 7) is 6.71. The molecule has 1 saturated heterocycles. The maximum absolute atomic E-state index is 6.28. The molecule has 112 valence electrons. The van der Waals surface area contributed by atoms with Crippen LogP contribution in [0.25, 0.3) is 0 Å². The van der Waals surface area contributed by atoms with Crippen molar-refractivity contribution < 1.29 is 0 Å². The van der Waals surface area contributed by atoms with Crippen molar-refractivity contribution in [1.82, 2.24) is 4.90 Å². The molecule has 2 nitrogen and oxygen atoms in total. The van der Waals surface area contributed by atoms with Gasteiger partial charge in [0.15, 0.2) is 0 Å². The van der Waals surface area contributed by atoms with Crippen LogP contribution in [0.15, 0.2) is 24.3 Å². The topological polar surface area (TPSA) is 29.3 Å². The average molecular weight is 295 g/mol. The van der Waals surface area contributed by atoms with E-state index in [-0.39, 0.29) is 12.1 Å². The lowest BCUT2D eigenvalue weighted by atomic mass is 9.97. The molecule has 1 fully saturated rings. The van der Waals surface area contributed by atoms with Gasteiger partial charge < -0.3 is 5.73 Å². The lowest BCUT2D eigenvalue weighted by molar-refractivity contribution is 0.181. The first-order valence-electron chi connectivity index (χ1n) is 7.87. The Labute approximate surface area is 128 Å². The van der Waals surface area contributed by atoms with E-state index < -0.39 is 0 Å². The highest BCUT2D eigenvalue weighted by Crippen LogP contribution is 2.30. The summed E-state index contributed by atoms with van der Waals surface area (Å²) < 4.78 is 0. The second-order valence-electron chi connectivity index (χ2n) is 6.10. The van der Waals surface area contributed by atoms with Crippen molar-refractivity contribution in [2.24, 2.45) is 11.7 Å². The molecular formula is C17H27ClN2. The van der Waals surface area contributed by atoms with Crippen molar-refractivity contribution in [2.75, 3.05) is 13.1 Å². The Kier molecular flexibility index (Phi) is 5.88. The molecule has 1 aliphatic rings. The molecule has 1 heterocycles. The van der Waals surface area contributed by atoms with Crippen molar-refractivity contribution >= 4 is 11.6 Å².